The monoisotopic (exact) mass is 200 g/mol. The first-order chi connectivity index (χ1) is 6.08. The van der Waals surface area contributed by atoms with Crippen LogP contribution in [0.15, 0.2) is 6.07 Å². The van der Waals surface area contributed by atoms with E-state index in [0.29, 0.717) is 5.82 Å². The molecule has 0 saturated carbocycles. The minimum atomic E-state index is -2.26. The van der Waals surface area contributed by atoms with Crippen LogP contribution in [0.5, 0.6) is 0 Å². The molecule has 6 heteroatoms. The minimum absolute atomic E-state index is 0.138. The van der Waals surface area contributed by atoms with Crippen molar-refractivity contribution in [1.82, 2.24) is 14.7 Å². The third-order valence-electron chi connectivity index (χ3n) is 1.38. The first kappa shape index (κ1) is 10.2. The SMILES string of the molecule is Cc1cc(C)nc(CNS(=O)[O-])n1. The maximum Gasteiger partial charge on any atom is 0.143 e. The van der Waals surface area contributed by atoms with Crippen LogP contribution in [0.4, 0.5) is 0 Å². The maximum absolute atomic E-state index is 10.2. The Morgan fingerprint density at radius 2 is 2.00 bits per heavy atom. The second-order valence-electron chi connectivity index (χ2n) is 2.62. The number of hydrogen-bond donors (Lipinski definition) is 1. The fraction of sp³-hybridized carbons (Fsp3) is 0.429. The first-order valence-corrected chi connectivity index (χ1v) is 4.79. The summed E-state index contributed by atoms with van der Waals surface area (Å²) >= 11 is -2.26. The molecule has 1 heterocycles. The van der Waals surface area contributed by atoms with Crippen molar-refractivity contribution in [2.45, 2.75) is 20.4 Å². The topological polar surface area (TPSA) is 77.9 Å². The molecule has 0 amide bonds. The Morgan fingerprint density at radius 3 is 2.46 bits per heavy atom. The molecule has 72 valence electrons. The lowest BCUT2D eigenvalue weighted by Gasteiger charge is -2.06. The van der Waals surface area contributed by atoms with Crippen LogP contribution >= 0.6 is 0 Å². The van der Waals surface area contributed by atoms with E-state index >= 15 is 0 Å². The zero-order chi connectivity index (χ0) is 9.84. The van der Waals surface area contributed by atoms with Gasteiger partial charge in [-0.25, -0.2) is 14.7 Å². The predicted molar refractivity (Wildman–Crippen MR) is 47.3 cm³/mol. The molecule has 0 spiro atoms. The van der Waals surface area contributed by atoms with Crippen LogP contribution in [0.25, 0.3) is 0 Å². The van der Waals surface area contributed by atoms with Gasteiger partial charge in [-0.05, 0) is 19.9 Å². The van der Waals surface area contributed by atoms with Crippen molar-refractivity contribution in [1.29, 1.82) is 0 Å². The normalized spacial score (nSPS) is 12.8. The minimum Gasteiger partial charge on any atom is -0.760 e. The lowest BCUT2D eigenvalue weighted by Crippen LogP contribution is -2.18. The Hall–Kier alpha value is -0.850. The highest BCUT2D eigenvalue weighted by molar-refractivity contribution is 7.77. The Kier molecular flexibility index (Phi) is 3.47. The van der Waals surface area contributed by atoms with E-state index in [9.17, 15) is 8.76 Å². The van der Waals surface area contributed by atoms with Crippen LogP contribution in [0, 0.1) is 13.8 Å². The van der Waals surface area contributed by atoms with Gasteiger partial charge in [-0.2, -0.15) is 0 Å². The van der Waals surface area contributed by atoms with E-state index in [4.69, 9.17) is 0 Å². The Balaban J connectivity index is 2.71. The van der Waals surface area contributed by atoms with Crippen molar-refractivity contribution in [3.05, 3.63) is 23.3 Å². The molecular formula is C7H10N3O2S-. The number of aryl methyl sites for hydroxylation is 2. The van der Waals surface area contributed by atoms with Gasteiger partial charge in [-0.1, -0.05) is 0 Å². The Bertz CT molecular complexity index is 309. The van der Waals surface area contributed by atoms with Crippen LogP contribution in [0.1, 0.15) is 17.2 Å². The van der Waals surface area contributed by atoms with Gasteiger partial charge in [-0.3, -0.25) is 4.21 Å². The van der Waals surface area contributed by atoms with E-state index in [1.807, 2.05) is 19.9 Å². The fourth-order valence-corrected chi connectivity index (χ4v) is 1.25. The number of nitrogens with one attached hydrogen (secondary N) is 1. The molecule has 1 atom stereocenters. The second-order valence-corrected chi connectivity index (χ2v) is 3.38. The zero-order valence-electron chi connectivity index (χ0n) is 7.40. The molecule has 0 bridgehead atoms. The molecule has 5 nitrogen and oxygen atoms in total. The van der Waals surface area contributed by atoms with Crippen LogP contribution in [-0.4, -0.2) is 18.7 Å². The molecule has 1 N–H and O–H groups in total. The van der Waals surface area contributed by atoms with Crippen molar-refractivity contribution in [2.24, 2.45) is 0 Å². The van der Waals surface area contributed by atoms with Crippen molar-refractivity contribution < 1.29 is 8.76 Å². The molecule has 13 heavy (non-hydrogen) atoms. The van der Waals surface area contributed by atoms with E-state index in [0.717, 1.165) is 11.4 Å². The smallest absolute Gasteiger partial charge is 0.143 e. The molecule has 1 rings (SSSR count). The molecule has 1 aromatic heterocycles. The highest BCUT2D eigenvalue weighted by atomic mass is 32.2. The van der Waals surface area contributed by atoms with Gasteiger partial charge in [0.15, 0.2) is 0 Å². The second kappa shape index (κ2) is 4.40. The quantitative estimate of drug-likeness (QED) is 0.695. The summed E-state index contributed by atoms with van der Waals surface area (Å²) in [6.45, 7) is 3.82. The van der Waals surface area contributed by atoms with Gasteiger partial charge >= 0.3 is 0 Å². The standard InChI is InChI=1S/C7H11N3O2S/c1-5-3-6(2)10-7(9-5)4-8-13(11)12/h3,8H,4H2,1-2H3,(H,11,12)/p-1. The molecule has 0 aliphatic rings. The van der Waals surface area contributed by atoms with Gasteiger partial charge in [0.2, 0.25) is 0 Å². The van der Waals surface area contributed by atoms with Gasteiger partial charge in [0.05, 0.1) is 6.54 Å². The van der Waals surface area contributed by atoms with Crippen molar-refractivity contribution >= 4 is 11.3 Å². The molecule has 0 aliphatic heterocycles. The summed E-state index contributed by atoms with van der Waals surface area (Å²) in [5, 5.41) is 0. The van der Waals surface area contributed by atoms with Crippen LogP contribution in [0.2, 0.25) is 0 Å². The molecular weight excluding hydrogens is 190 g/mol. The van der Waals surface area contributed by atoms with Crippen LogP contribution in [0.3, 0.4) is 0 Å². The van der Waals surface area contributed by atoms with E-state index in [-0.39, 0.29) is 6.54 Å². The van der Waals surface area contributed by atoms with Gasteiger partial charge in [-0.15, -0.1) is 0 Å². The maximum atomic E-state index is 10.2. The average Bonchev–Trinajstić information content (AvgIpc) is 1.99. The van der Waals surface area contributed by atoms with Gasteiger partial charge < -0.3 is 4.55 Å². The summed E-state index contributed by atoms with van der Waals surface area (Å²) in [6.07, 6.45) is 0. The van der Waals surface area contributed by atoms with E-state index < -0.39 is 11.3 Å². The summed E-state index contributed by atoms with van der Waals surface area (Å²) in [7, 11) is 0. The molecule has 1 unspecified atom stereocenters. The third-order valence-corrected chi connectivity index (χ3v) is 1.76. The summed E-state index contributed by atoms with van der Waals surface area (Å²) < 4.78 is 22.6. The highest BCUT2D eigenvalue weighted by Gasteiger charge is 1.98. The lowest BCUT2D eigenvalue weighted by atomic mass is 10.3. The van der Waals surface area contributed by atoms with E-state index in [2.05, 4.69) is 14.7 Å². The number of hydrogen-bond acceptors (Lipinski definition) is 4. The summed E-state index contributed by atoms with van der Waals surface area (Å²) in [5.41, 5.74) is 1.67. The number of rotatable bonds is 3. The molecule has 0 radical (unpaired) electrons. The van der Waals surface area contributed by atoms with Crippen molar-refractivity contribution in [3.63, 3.8) is 0 Å². The highest BCUT2D eigenvalue weighted by Crippen LogP contribution is 1.98. The lowest BCUT2D eigenvalue weighted by molar-refractivity contribution is 0.521. The molecule has 1 aromatic rings. The number of nitrogens with zero attached hydrogens (tertiary/aromatic N) is 2. The van der Waals surface area contributed by atoms with Crippen molar-refractivity contribution in [3.8, 4) is 0 Å². The molecule has 0 aliphatic carbocycles. The molecule has 0 aromatic carbocycles. The van der Waals surface area contributed by atoms with E-state index in [1.54, 1.807) is 0 Å². The van der Waals surface area contributed by atoms with Crippen LogP contribution in [-0.2, 0) is 17.8 Å². The Labute approximate surface area is 79.0 Å². The average molecular weight is 200 g/mol. The zero-order valence-corrected chi connectivity index (χ0v) is 8.22. The van der Waals surface area contributed by atoms with E-state index in [1.165, 1.54) is 0 Å². The van der Waals surface area contributed by atoms with Gasteiger partial charge in [0, 0.05) is 22.7 Å². The van der Waals surface area contributed by atoms with Gasteiger partial charge in [0.25, 0.3) is 0 Å². The first-order valence-electron chi connectivity index (χ1n) is 3.72. The fourth-order valence-electron chi connectivity index (χ4n) is 1.00. The summed E-state index contributed by atoms with van der Waals surface area (Å²) in [6, 6.07) is 1.83. The van der Waals surface area contributed by atoms with Crippen LogP contribution < -0.4 is 4.72 Å². The number of aromatic nitrogens is 2. The Morgan fingerprint density at radius 1 is 1.46 bits per heavy atom. The molecule has 0 saturated heterocycles. The summed E-state index contributed by atoms with van der Waals surface area (Å²) in [5.74, 6) is 0.488. The summed E-state index contributed by atoms with van der Waals surface area (Å²) in [4.78, 5) is 8.12. The van der Waals surface area contributed by atoms with Crippen molar-refractivity contribution in [2.75, 3.05) is 0 Å². The predicted octanol–water partition coefficient (Wildman–Crippen LogP) is -0.0229. The molecule has 0 fully saturated rings. The third kappa shape index (κ3) is 3.58. The largest absolute Gasteiger partial charge is 0.760 e. The van der Waals surface area contributed by atoms with Gasteiger partial charge in [0.1, 0.15) is 5.82 Å².